The molecule has 6 aliphatic rings. The molecule has 0 aromatic carbocycles. The van der Waals surface area contributed by atoms with Crippen LogP contribution in [0.2, 0.25) is 0 Å². The van der Waals surface area contributed by atoms with Gasteiger partial charge in [-0.05, 0) is 56.6 Å². The number of urea groups is 1. The minimum absolute atomic E-state index is 0.0297. The highest BCUT2D eigenvalue weighted by Crippen LogP contribution is 2.41. The number of nitrogens with one attached hydrogen (secondary N) is 5. The number of hydrazine groups is 2. The lowest BCUT2D eigenvalue weighted by Gasteiger charge is -2.59. The van der Waals surface area contributed by atoms with E-state index in [0.29, 0.717) is 31.5 Å². The predicted molar refractivity (Wildman–Crippen MR) is 154 cm³/mol. The van der Waals surface area contributed by atoms with Crippen LogP contribution in [0.15, 0.2) is 24.6 Å². The van der Waals surface area contributed by atoms with Crippen molar-refractivity contribution in [3.8, 4) is 6.07 Å². The monoisotopic (exact) mass is 584 g/mol. The molecule has 0 aromatic heterocycles. The molecule has 0 radical (unpaired) electrons. The standard InChI is InChI=1S/C29H45FN10O2/c1-4-23(41)38-13-12-37(16-20(38)8-10-31)26-21-14-22(30)28-34-27(21)39(29(42)35-26)25-18(9-11-32-24(25)17(2)3)6-5-7-19-15-33-36-40(19)28/h4,15,17-18,20-22,24-28,32-34,36H,1,5-9,11-14,16H2,2-3H3,(H,35,42). The summed E-state index contributed by atoms with van der Waals surface area (Å²) in [6.45, 7) is 10.3. The summed E-state index contributed by atoms with van der Waals surface area (Å²) in [6, 6.07) is 1.84. The Hall–Kier alpha value is -2.92. The van der Waals surface area contributed by atoms with Gasteiger partial charge in [0.15, 0.2) is 0 Å². The van der Waals surface area contributed by atoms with Crippen molar-refractivity contribution in [2.75, 3.05) is 26.2 Å². The first-order valence-corrected chi connectivity index (χ1v) is 15.6. The molecule has 13 heteroatoms. The lowest BCUT2D eigenvalue weighted by molar-refractivity contribution is -0.134. The number of halogens is 1. The van der Waals surface area contributed by atoms with Gasteiger partial charge >= 0.3 is 6.03 Å². The van der Waals surface area contributed by atoms with Gasteiger partial charge in [0.25, 0.3) is 0 Å². The van der Waals surface area contributed by atoms with Gasteiger partial charge in [-0.25, -0.2) is 9.18 Å². The lowest BCUT2D eigenvalue weighted by Crippen LogP contribution is -2.80. The van der Waals surface area contributed by atoms with Crippen LogP contribution in [-0.2, 0) is 4.79 Å². The Balaban J connectivity index is 1.36. The number of hydrogen-bond donors (Lipinski definition) is 5. The fraction of sp³-hybridized carbons (Fsp3) is 0.759. The number of piperazine rings is 1. The summed E-state index contributed by atoms with van der Waals surface area (Å²) in [5.41, 5.74) is 7.22. The summed E-state index contributed by atoms with van der Waals surface area (Å²) >= 11 is 0. The molecule has 6 rings (SSSR count). The minimum Gasteiger partial charge on any atom is -0.333 e. The van der Waals surface area contributed by atoms with E-state index in [1.165, 1.54) is 6.08 Å². The molecule has 6 heterocycles. The van der Waals surface area contributed by atoms with Crippen molar-refractivity contribution in [2.45, 2.75) is 95.2 Å². The van der Waals surface area contributed by atoms with E-state index in [-0.39, 0.29) is 48.8 Å². The van der Waals surface area contributed by atoms with Gasteiger partial charge in [-0.15, -0.1) is 5.53 Å². The summed E-state index contributed by atoms with van der Waals surface area (Å²) in [5, 5.41) is 22.0. The third-order valence-corrected chi connectivity index (χ3v) is 10.3. The molecular formula is C29H45FN10O2. The molecule has 9 unspecified atom stereocenters. The summed E-state index contributed by atoms with van der Waals surface area (Å²) in [6.07, 6.45) is 4.76. The fourth-order valence-electron chi connectivity index (χ4n) is 8.36. The Kier molecular flexibility index (Phi) is 8.33. The average Bonchev–Trinajstić information content (AvgIpc) is 3.44. The highest BCUT2D eigenvalue weighted by atomic mass is 19.1. The van der Waals surface area contributed by atoms with E-state index in [1.807, 2.05) is 16.1 Å². The number of alkyl halides is 1. The first-order chi connectivity index (χ1) is 20.3. The number of allylic oxidation sites excluding steroid dienone is 1. The van der Waals surface area contributed by atoms with Gasteiger partial charge in [0.1, 0.15) is 12.3 Å². The second-order valence-corrected chi connectivity index (χ2v) is 12.9. The van der Waals surface area contributed by atoms with Crippen LogP contribution in [0.3, 0.4) is 0 Å². The molecule has 5 N–H and O–H groups in total. The van der Waals surface area contributed by atoms with Crippen molar-refractivity contribution in [3.63, 3.8) is 0 Å². The molecule has 42 heavy (non-hydrogen) atoms. The number of carbonyl (C=O) groups excluding carboxylic acids is 2. The van der Waals surface area contributed by atoms with Crippen LogP contribution < -0.4 is 26.9 Å². The Morgan fingerprint density at radius 3 is 2.86 bits per heavy atom. The van der Waals surface area contributed by atoms with Gasteiger partial charge in [-0.2, -0.15) is 5.26 Å². The maximum Gasteiger partial charge on any atom is 0.320 e. The van der Waals surface area contributed by atoms with Crippen LogP contribution >= 0.6 is 0 Å². The summed E-state index contributed by atoms with van der Waals surface area (Å²) in [7, 11) is 0. The lowest BCUT2D eigenvalue weighted by atomic mass is 9.76. The quantitative estimate of drug-likeness (QED) is 0.306. The van der Waals surface area contributed by atoms with Crippen LogP contribution in [0.25, 0.3) is 0 Å². The van der Waals surface area contributed by atoms with E-state index in [9.17, 15) is 14.9 Å². The zero-order chi connectivity index (χ0) is 29.5. The molecule has 5 saturated heterocycles. The molecule has 0 saturated carbocycles. The Morgan fingerprint density at radius 2 is 2.10 bits per heavy atom. The molecule has 5 fully saturated rings. The topological polar surface area (TPSA) is 131 Å². The summed E-state index contributed by atoms with van der Waals surface area (Å²) in [5.74, 6) is 0.207. The molecule has 2 bridgehead atoms. The van der Waals surface area contributed by atoms with Crippen LogP contribution in [0.4, 0.5) is 9.18 Å². The zero-order valence-corrected chi connectivity index (χ0v) is 24.6. The van der Waals surface area contributed by atoms with Crippen LogP contribution in [0, 0.1) is 29.1 Å². The molecule has 3 amide bonds. The second-order valence-electron chi connectivity index (χ2n) is 12.9. The van der Waals surface area contributed by atoms with E-state index < -0.39 is 24.7 Å². The smallest absolute Gasteiger partial charge is 0.320 e. The molecule has 0 aromatic rings. The van der Waals surface area contributed by atoms with Crippen molar-refractivity contribution in [1.29, 1.82) is 5.26 Å². The van der Waals surface area contributed by atoms with Gasteiger partial charge in [0, 0.05) is 37.8 Å². The molecule has 12 nitrogen and oxygen atoms in total. The highest BCUT2D eigenvalue weighted by molar-refractivity contribution is 5.87. The number of amides is 3. The van der Waals surface area contributed by atoms with Gasteiger partial charge in [-0.3, -0.25) is 20.0 Å². The molecule has 0 aliphatic carbocycles. The number of nitriles is 1. The van der Waals surface area contributed by atoms with Crippen LogP contribution in [0.1, 0.15) is 52.4 Å². The third-order valence-electron chi connectivity index (χ3n) is 10.3. The SMILES string of the molecule is C=CC(=O)N1CCN(C2NC(=O)N3C4NC(C(F)CC24)N2NNC=C2CCCC2CCNC(C(C)C)C23)CC1CC#N. The summed E-state index contributed by atoms with van der Waals surface area (Å²) < 4.78 is 16.2. The van der Waals surface area contributed by atoms with E-state index in [4.69, 9.17) is 0 Å². The molecule has 0 spiro atoms. The third kappa shape index (κ3) is 5.12. The van der Waals surface area contributed by atoms with Crippen molar-refractivity contribution < 1.29 is 14.0 Å². The maximum atomic E-state index is 16.2. The highest BCUT2D eigenvalue weighted by Gasteiger charge is 2.56. The number of fused-ring (bicyclic) bond motifs is 5. The fourth-order valence-corrected chi connectivity index (χ4v) is 8.36. The zero-order valence-electron chi connectivity index (χ0n) is 24.6. The van der Waals surface area contributed by atoms with Gasteiger partial charge in [-0.1, -0.05) is 20.4 Å². The molecular weight excluding hydrogens is 539 g/mol. The molecule has 6 aliphatic heterocycles. The first kappa shape index (κ1) is 29.2. The van der Waals surface area contributed by atoms with Gasteiger partial charge in [0.2, 0.25) is 5.91 Å². The number of carbonyl (C=O) groups is 2. The van der Waals surface area contributed by atoms with E-state index in [1.54, 1.807) is 4.90 Å². The average molecular weight is 585 g/mol. The Labute approximate surface area is 247 Å². The Bertz CT molecular complexity index is 1130. The number of nitrogens with zero attached hydrogens (tertiary/aromatic N) is 5. The van der Waals surface area contributed by atoms with Crippen LogP contribution in [-0.4, -0.2) is 101 Å². The Morgan fingerprint density at radius 1 is 1.26 bits per heavy atom. The minimum atomic E-state index is -1.19. The van der Waals surface area contributed by atoms with E-state index >= 15 is 4.39 Å². The maximum absolute atomic E-state index is 16.2. The van der Waals surface area contributed by atoms with Crippen molar-refractivity contribution in [2.24, 2.45) is 17.8 Å². The molecule has 9 atom stereocenters. The summed E-state index contributed by atoms with van der Waals surface area (Å²) in [4.78, 5) is 32.7. The normalized spacial score (nSPS) is 38.7. The van der Waals surface area contributed by atoms with Gasteiger partial charge in [0.05, 0.1) is 42.6 Å². The molecule has 230 valence electrons. The predicted octanol–water partition coefficient (Wildman–Crippen LogP) is 0.903. The first-order valence-electron chi connectivity index (χ1n) is 15.6. The van der Waals surface area contributed by atoms with E-state index in [2.05, 4.69) is 58.3 Å². The number of piperidine rings is 2. The van der Waals surface area contributed by atoms with Crippen molar-refractivity contribution in [3.05, 3.63) is 24.6 Å². The second kappa shape index (κ2) is 12.0. The van der Waals surface area contributed by atoms with Crippen molar-refractivity contribution in [1.82, 2.24) is 46.6 Å². The number of hydrogen-bond acceptors (Lipinski definition) is 9. The van der Waals surface area contributed by atoms with E-state index in [0.717, 1.165) is 37.9 Å². The van der Waals surface area contributed by atoms with Crippen molar-refractivity contribution >= 4 is 11.9 Å². The largest absolute Gasteiger partial charge is 0.333 e. The van der Waals surface area contributed by atoms with Gasteiger partial charge < -0.3 is 25.9 Å². The van der Waals surface area contributed by atoms with Crippen LogP contribution in [0.5, 0.6) is 0 Å². The number of rotatable bonds is 4.